The van der Waals surface area contributed by atoms with Crippen LogP contribution in [0, 0.1) is 5.92 Å². The molecule has 8 nitrogen and oxygen atoms in total. The SMILES string of the molecule is COc1cccc(NC(=O)CN(C)C(=O)CN2CCC(C(=O)NCCc3cccs3)CC2)c1. The smallest absolute Gasteiger partial charge is 0.243 e. The van der Waals surface area contributed by atoms with Gasteiger partial charge in [-0.2, -0.15) is 0 Å². The van der Waals surface area contributed by atoms with Crippen molar-refractivity contribution in [1.29, 1.82) is 0 Å². The van der Waals surface area contributed by atoms with Crippen molar-refractivity contribution in [2.75, 3.05) is 52.2 Å². The molecule has 3 rings (SSSR count). The van der Waals surface area contributed by atoms with E-state index in [2.05, 4.69) is 16.7 Å². The van der Waals surface area contributed by atoms with Gasteiger partial charge in [0.1, 0.15) is 5.75 Å². The predicted molar refractivity (Wildman–Crippen MR) is 129 cm³/mol. The molecule has 1 fully saturated rings. The van der Waals surface area contributed by atoms with Gasteiger partial charge in [0, 0.05) is 36.1 Å². The minimum absolute atomic E-state index is 0.00828. The number of nitrogens with zero attached hydrogens (tertiary/aromatic N) is 2. The van der Waals surface area contributed by atoms with Crippen molar-refractivity contribution in [1.82, 2.24) is 15.1 Å². The number of hydrogen-bond acceptors (Lipinski definition) is 6. The lowest BCUT2D eigenvalue weighted by atomic mass is 9.96. The number of nitrogens with one attached hydrogen (secondary N) is 2. The van der Waals surface area contributed by atoms with Crippen LogP contribution in [-0.4, -0.2) is 74.4 Å². The van der Waals surface area contributed by atoms with Crippen LogP contribution in [0.3, 0.4) is 0 Å². The minimum Gasteiger partial charge on any atom is -0.497 e. The van der Waals surface area contributed by atoms with E-state index in [1.165, 1.54) is 9.78 Å². The third kappa shape index (κ3) is 7.87. The Bertz CT molecular complexity index is 926. The molecule has 178 valence electrons. The van der Waals surface area contributed by atoms with E-state index in [9.17, 15) is 14.4 Å². The fraction of sp³-hybridized carbons (Fsp3) is 0.458. The van der Waals surface area contributed by atoms with E-state index in [1.807, 2.05) is 16.3 Å². The largest absolute Gasteiger partial charge is 0.497 e. The van der Waals surface area contributed by atoms with Crippen LogP contribution in [-0.2, 0) is 20.8 Å². The number of carbonyl (C=O) groups excluding carboxylic acids is 3. The Morgan fingerprint density at radius 3 is 2.67 bits per heavy atom. The van der Waals surface area contributed by atoms with E-state index < -0.39 is 0 Å². The lowest BCUT2D eigenvalue weighted by Crippen LogP contribution is -2.46. The first-order valence-corrected chi connectivity index (χ1v) is 12.0. The standard InChI is InChI=1S/C24H32N4O4S/c1-27(16-22(29)26-19-5-3-6-20(15-19)32-2)23(30)17-28-12-9-18(10-13-28)24(31)25-11-8-21-7-4-14-33-21/h3-7,14-15,18H,8-13,16-17H2,1-2H3,(H,25,31)(H,26,29). The summed E-state index contributed by atoms with van der Waals surface area (Å²) in [6.45, 7) is 2.26. The van der Waals surface area contributed by atoms with Gasteiger partial charge in [-0.3, -0.25) is 19.3 Å². The first kappa shape index (κ1) is 24.7. The summed E-state index contributed by atoms with van der Waals surface area (Å²) >= 11 is 1.70. The zero-order valence-electron chi connectivity index (χ0n) is 19.2. The van der Waals surface area contributed by atoms with E-state index in [0.717, 1.165) is 19.3 Å². The quantitative estimate of drug-likeness (QED) is 0.553. The normalized spacial score (nSPS) is 14.5. The van der Waals surface area contributed by atoms with Gasteiger partial charge in [0.15, 0.2) is 0 Å². The Morgan fingerprint density at radius 2 is 1.97 bits per heavy atom. The third-order valence-electron chi connectivity index (χ3n) is 5.73. The molecular weight excluding hydrogens is 440 g/mol. The summed E-state index contributed by atoms with van der Waals surface area (Å²) in [6, 6.07) is 11.2. The molecule has 9 heteroatoms. The number of likely N-dealkylation sites (N-methyl/N-ethyl adjacent to an activating group) is 1. The second kappa shape index (κ2) is 12.4. The Kier molecular flexibility index (Phi) is 9.26. The van der Waals surface area contributed by atoms with Crippen molar-refractivity contribution < 1.29 is 19.1 Å². The number of ether oxygens (including phenoxy) is 1. The molecule has 1 saturated heterocycles. The van der Waals surface area contributed by atoms with Crippen molar-refractivity contribution in [3.63, 3.8) is 0 Å². The van der Waals surface area contributed by atoms with Crippen molar-refractivity contribution in [3.8, 4) is 5.75 Å². The second-order valence-electron chi connectivity index (χ2n) is 8.20. The predicted octanol–water partition coefficient (Wildman–Crippen LogP) is 2.22. The van der Waals surface area contributed by atoms with Gasteiger partial charge < -0.3 is 20.3 Å². The van der Waals surface area contributed by atoms with Gasteiger partial charge in [-0.15, -0.1) is 11.3 Å². The number of thiophene rings is 1. The summed E-state index contributed by atoms with van der Waals surface area (Å²) in [7, 11) is 3.19. The Balaban J connectivity index is 1.34. The van der Waals surface area contributed by atoms with E-state index in [1.54, 1.807) is 49.8 Å². The van der Waals surface area contributed by atoms with Crippen LogP contribution in [0.25, 0.3) is 0 Å². The molecule has 0 atom stereocenters. The molecule has 1 aromatic carbocycles. The van der Waals surface area contributed by atoms with E-state index in [4.69, 9.17) is 4.74 Å². The van der Waals surface area contributed by atoms with Gasteiger partial charge in [0.2, 0.25) is 17.7 Å². The Morgan fingerprint density at radius 1 is 1.18 bits per heavy atom. The summed E-state index contributed by atoms with van der Waals surface area (Å²) in [4.78, 5) is 42.0. The van der Waals surface area contributed by atoms with Gasteiger partial charge in [0.25, 0.3) is 0 Å². The van der Waals surface area contributed by atoms with Crippen molar-refractivity contribution in [2.24, 2.45) is 5.92 Å². The molecule has 2 heterocycles. The van der Waals surface area contributed by atoms with E-state index in [-0.39, 0.29) is 36.7 Å². The Hall–Kier alpha value is -2.91. The van der Waals surface area contributed by atoms with Gasteiger partial charge in [-0.25, -0.2) is 0 Å². The first-order chi connectivity index (χ1) is 15.9. The minimum atomic E-state index is -0.267. The average molecular weight is 473 g/mol. The van der Waals surface area contributed by atoms with Gasteiger partial charge in [0.05, 0.1) is 20.2 Å². The van der Waals surface area contributed by atoms with Crippen molar-refractivity contribution >= 4 is 34.7 Å². The molecule has 1 aliphatic heterocycles. The maximum Gasteiger partial charge on any atom is 0.243 e. The summed E-state index contributed by atoms with van der Waals surface area (Å²) in [5.41, 5.74) is 0.621. The Labute approximate surface area is 198 Å². The number of rotatable bonds is 10. The highest BCUT2D eigenvalue weighted by Gasteiger charge is 2.26. The lowest BCUT2D eigenvalue weighted by molar-refractivity contribution is -0.134. The number of benzene rings is 1. The number of carbonyl (C=O) groups is 3. The van der Waals surface area contributed by atoms with Crippen LogP contribution >= 0.6 is 11.3 Å². The van der Waals surface area contributed by atoms with Gasteiger partial charge in [-0.1, -0.05) is 12.1 Å². The van der Waals surface area contributed by atoms with Crippen LogP contribution in [0.1, 0.15) is 17.7 Å². The molecule has 0 saturated carbocycles. The van der Waals surface area contributed by atoms with Crippen LogP contribution < -0.4 is 15.4 Å². The molecule has 0 bridgehead atoms. The van der Waals surface area contributed by atoms with E-state index in [0.29, 0.717) is 31.1 Å². The molecule has 1 aliphatic rings. The first-order valence-electron chi connectivity index (χ1n) is 11.1. The van der Waals surface area contributed by atoms with Crippen molar-refractivity contribution in [3.05, 3.63) is 46.7 Å². The van der Waals surface area contributed by atoms with Gasteiger partial charge >= 0.3 is 0 Å². The van der Waals surface area contributed by atoms with Crippen LogP contribution in [0.15, 0.2) is 41.8 Å². The lowest BCUT2D eigenvalue weighted by Gasteiger charge is -2.31. The molecule has 1 aromatic heterocycles. The number of anilines is 1. The fourth-order valence-electron chi connectivity index (χ4n) is 3.78. The third-order valence-corrected chi connectivity index (χ3v) is 6.66. The molecule has 2 N–H and O–H groups in total. The zero-order chi connectivity index (χ0) is 23.6. The summed E-state index contributed by atoms with van der Waals surface area (Å²) in [5.74, 6) is 0.360. The maximum absolute atomic E-state index is 12.6. The molecule has 0 spiro atoms. The number of piperidine rings is 1. The molecular formula is C24H32N4O4S. The molecule has 2 aromatic rings. The fourth-order valence-corrected chi connectivity index (χ4v) is 4.49. The molecule has 33 heavy (non-hydrogen) atoms. The highest BCUT2D eigenvalue weighted by molar-refractivity contribution is 7.09. The second-order valence-corrected chi connectivity index (χ2v) is 9.23. The molecule has 0 unspecified atom stereocenters. The summed E-state index contributed by atoms with van der Waals surface area (Å²) in [5, 5.41) is 7.85. The topological polar surface area (TPSA) is 91.0 Å². The zero-order valence-corrected chi connectivity index (χ0v) is 20.0. The van der Waals surface area contributed by atoms with Crippen molar-refractivity contribution in [2.45, 2.75) is 19.3 Å². The highest BCUT2D eigenvalue weighted by atomic mass is 32.1. The number of hydrogen-bond donors (Lipinski definition) is 2. The maximum atomic E-state index is 12.6. The summed E-state index contributed by atoms with van der Waals surface area (Å²) in [6.07, 6.45) is 2.32. The molecule has 3 amide bonds. The molecule has 0 radical (unpaired) electrons. The van der Waals surface area contributed by atoms with Crippen LogP contribution in [0.5, 0.6) is 5.75 Å². The monoisotopic (exact) mass is 472 g/mol. The van der Waals surface area contributed by atoms with Crippen LogP contribution in [0.2, 0.25) is 0 Å². The average Bonchev–Trinajstić information content (AvgIpc) is 3.33. The number of methoxy groups -OCH3 is 1. The number of likely N-dealkylation sites (tertiary alicyclic amines) is 1. The summed E-state index contributed by atoms with van der Waals surface area (Å²) < 4.78 is 5.15. The highest BCUT2D eigenvalue weighted by Crippen LogP contribution is 2.18. The molecule has 0 aliphatic carbocycles. The van der Waals surface area contributed by atoms with Gasteiger partial charge in [-0.05, 0) is 55.9 Å². The number of amides is 3. The van der Waals surface area contributed by atoms with Crippen LogP contribution in [0.4, 0.5) is 5.69 Å². The van der Waals surface area contributed by atoms with E-state index >= 15 is 0 Å².